The summed E-state index contributed by atoms with van der Waals surface area (Å²) in [4.78, 5) is 27.7. The van der Waals surface area contributed by atoms with Crippen molar-refractivity contribution in [3.05, 3.63) is 83.4 Å². The Labute approximate surface area is 226 Å². The molecule has 0 N–H and O–H groups in total. The Morgan fingerprint density at radius 3 is 2.05 bits per heavy atom. The number of aryl methyl sites for hydroxylation is 1. The number of ether oxygens (including phenoxy) is 2. The van der Waals surface area contributed by atoms with Gasteiger partial charge in [0.05, 0.1) is 6.54 Å². The summed E-state index contributed by atoms with van der Waals surface area (Å²) in [6.07, 6.45) is 3.90. The van der Waals surface area contributed by atoms with Gasteiger partial charge in [-0.15, -0.1) is 0 Å². The fraction of sp³-hybridized carbons (Fsp3) is 0.394. The predicted molar refractivity (Wildman–Crippen MR) is 152 cm³/mol. The quantitative estimate of drug-likeness (QED) is 0.287. The Bertz CT molecular complexity index is 1280. The highest BCUT2D eigenvalue weighted by atomic mass is 16.7. The summed E-state index contributed by atoms with van der Waals surface area (Å²) in [5, 5.41) is 0. The molecule has 4 rings (SSSR count). The van der Waals surface area contributed by atoms with Crippen molar-refractivity contribution in [2.75, 3.05) is 4.90 Å². The monoisotopic (exact) mass is 513 g/mol. The Balaban J connectivity index is 1.59. The number of anilines is 1. The van der Waals surface area contributed by atoms with E-state index >= 15 is 0 Å². The van der Waals surface area contributed by atoms with Crippen LogP contribution in [-0.4, -0.2) is 17.7 Å². The standard InChI is InChI=1S/C33H39NO4/c1-7-8-9-23-10-14-25(15-11-23)26-16-12-24(13-17-26)22-34(30(35)21-32(2,3)4)27-18-19-28-29(20-27)37-33(5,6)38-31(28)36/h10-20H,7-9,21-22H2,1-6H3. The zero-order valence-electron chi connectivity index (χ0n) is 23.5. The van der Waals surface area contributed by atoms with E-state index < -0.39 is 11.8 Å². The number of benzene rings is 3. The molecule has 1 amide bonds. The van der Waals surface area contributed by atoms with Crippen LogP contribution in [0.4, 0.5) is 5.69 Å². The topological polar surface area (TPSA) is 55.8 Å². The lowest BCUT2D eigenvalue weighted by atomic mass is 9.91. The van der Waals surface area contributed by atoms with Crippen molar-refractivity contribution in [1.82, 2.24) is 0 Å². The molecule has 0 aromatic heterocycles. The molecule has 0 spiro atoms. The number of hydrogen-bond donors (Lipinski definition) is 0. The smallest absolute Gasteiger partial charge is 0.345 e. The summed E-state index contributed by atoms with van der Waals surface area (Å²) in [5.74, 6) is -1.05. The largest absolute Gasteiger partial charge is 0.452 e. The van der Waals surface area contributed by atoms with Gasteiger partial charge in [0.1, 0.15) is 11.3 Å². The highest BCUT2D eigenvalue weighted by Gasteiger charge is 2.34. The number of carbonyl (C=O) groups is 2. The molecule has 38 heavy (non-hydrogen) atoms. The number of carbonyl (C=O) groups excluding carboxylic acids is 2. The average molecular weight is 514 g/mol. The lowest BCUT2D eigenvalue weighted by molar-refractivity contribution is -0.127. The molecule has 1 heterocycles. The lowest BCUT2D eigenvalue weighted by Crippen LogP contribution is -2.39. The molecular formula is C33H39NO4. The third-order valence-electron chi connectivity index (χ3n) is 6.57. The van der Waals surface area contributed by atoms with E-state index in [9.17, 15) is 9.59 Å². The van der Waals surface area contributed by atoms with Crippen molar-refractivity contribution < 1.29 is 19.1 Å². The zero-order valence-corrected chi connectivity index (χ0v) is 23.5. The highest BCUT2D eigenvalue weighted by molar-refractivity contribution is 5.97. The minimum Gasteiger partial charge on any atom is -0.452 e. The van der Waals surface area contributed by atoms with E-state index in [-0.39, 0.29) is 11.3 Å². The van der Waals surface area contributed by atoms with Gasteiger partial charge in [0, 0.05) is 32.0 Å². The Hall–Kier alpha value is -3.60. The van der Waals surface area contributed by atoms with Crippen LogP contribution in [0.1, 0.15) is 82.3 Å². The first-order chi connectivity index (χ1) is 17.9. The summed E-state index contributed by atoms with van der Waals surface area (Å²) >= 11 is 0. The Kier molecular flexibility index (Phi) is 7.96. The van der Waals surface area contributed by atoms with Crippen LogP contribution >= 0.6 is 0 Å². The van der Waals surface area contributed by atoms with Gasteiger partial charge in [-0.05, 0) is 52.6 Å². The number of amides is 1. The van der Waals surface area contributed by atoms with Crippen molar-refractivity contribution in [2.24, 2.45) is 5.41 Å². The second-order valence-corrected chi connectivity index (χ2v) is 11.8. The number of nitrogens with zero attached hydrogens (tertiary/aromatic N) is 1. The molecule has 3 aromatic carbocycles. The molecular weight excluding hydrogens is 474 g/mol. The van der Waals surface area contributed by atoms with Crippen molar-refractivity contribution in [2.45, 2.75) is 79.6 Å². The second-order valence-electron chi connectivity index (χ2n) is 11.8. The van der Waals surface area contributed by atoms with Gasteiger partial charge in [-0.3, -0.25) is 4.79 Å². The first-order valence-electron chi connectivity index (χ1n) is 13.5. The van der Waals surface area contributed by atoms with Crippen LogP contribution in [0.5, 0.6) is 5.75 Å². The molecule has 0 aliphatic carbocycles. The van der Waals surface area contributed by atoms with Crippen molar-refractivity contribution in [3.63, 3.8) is 0 Å². The first-order valence-corrected chi connectivity index (χ1v) is 13.5. The number of rotatable bonds is 8. The van der Waals surface area contributed by atoms with Crippen LogP contribution < -0.4 is 9.64 Å². The Morgan fingerprint density at radius 2 is 1.47 bits per heavy atom. The fourth-order valence-electron chi connectivity index (χ4n) is 4.60. The van der Waals surface area contributed by atoms with Crippen LogP contribution in [0.2, 0.25) is 0 Å². The molecule has 200 valence electrons. The van der Waals surface area contributed by atoms with Crippen LogP contribution in [0.25, 0.3) is 11.1 Å². The molecule has 5 nitrogen and oxygen atoms in total. The van der Waals surface area contributed by atoms with E-state index in [2.05, 4.69) is 76.2 Å². The molecule has 1 aliphatic heterocycles. The number of cyclic esters (lactones) is 1. The minimum absolute atomic E-state index is 0.0156. The number of esters is 1. The fourth-order valence-corrected chi connectivity index (χ4v) is 4.60. The molecule has 3 aromatic rings. The third kappa shape index (κ3) is 6.83. The van der Waals surface area contributed by atoms with Crippen LogP contribution in [-0.2, 0) is 22.5 Å². The lowest BCUT2D eigenvalue weighted by Gasteiger charge is -2.33. The maximum Gasteiger partial charge on any atom is 0.345 e. The summed E-state index contributed by atoms with van der Waals surface area (Å²) in [5.41, 5.74) is 5.60. The van der Waals surface area contributed by atoms with E-state index in [0.717, 1.165) is 17.5 Å². The molecule has 0 unspecified atom stereocenters. The van der Waals surface area contributed by atoms with Crippen molar-refractivity contribution >= 4 is 17.6 Å². The van der Waals surface area contributed by atoms with Crippen LogP contribution in [0.3, 0.4) is 0 Å². The SMILES string of the molecule is CCCCc1ccc(-c2ccc(CN(C(=O)CC(C)(C)C)c3ccc4c(c3)OC(C)(C)OC4=O)cc2)cc1. The van der Waals surface area contributed by atoms with E-state index in [1.54, 1.807) is 36.9 Å². The van der Waals surface area contributed by atoms with Crippen molar-refractivity contribution in [1.29, 1.82) is 0 Å². The average Bonchev–Trinajstić information content (AvgIpc) is 2.84. The van der Waals surface area contributed by atoms with Gasteiger partial charge in [0.15, 0.2) is 0 Å². The van der Waals surface area contributed by atoms with E-state index in [0.29, 0.717) is 30.0 Å². The van der Waals surface area contributed by atoms with Gasteiger partial charge in [0.25, 0.3) is 0 Å². The second kappa shape index (κ2) is 11.0. The van der Waals surface area contributed by atoms with Gasteiger partial charge in [-0.1, -0.05) is 82.6 Å². The summed E-state index contributed by atoms with van der Waals surface area (Å²) in [6.45, 7) is 12.2. The van der Waals surface area contributed by atoms with Crippen LogP contribution in [0, 0.1) is 5.41 Å². The molecule has 0 atom stereocenters. The maximum absolute atomic E-state index is 13.5. The van der Waals surface area contributed by atoms with Gasteiger partial charge < -0.3 is 14.4 Å². The molecule has 0 saturated carbocycles. The van der Waals surface area contributed by atoms with E-state index in [1.165, 1.54) is 24.0 Å². The van der Waals surface area contributed by atoms with E-state index in [4.69, 9.17) is 9.47 Å². The molecule has 0 saturated heterocycles. The number of hydrogen-bond acceptors (Lipinski definition) is 4. The molecule has 5 heteroatoms. The molecule has 0 fully saturated rings. The van der Waals surface area contributed by atoms with Gasteiger partial charge in [-0.2, -0.15) is 0 Å². The zero-order chi connectivity index (χ0) is 27.5. The normalized spacial score (nSPS) is 14.3. The molecule has 0 radical (unpaired) electrons. The minimum atomic E-state index is -1.06. The predicted octanol–water partition coefficient (Wildman–Crippen LogP) is 7.95. The summed E-state index contributed by atoms with van der Waals surface area (Å²) in [7, 11) is 0. The van der Waals surface area contributed by atoms with Gasteiger partial charge in [0.2, 0.25) is 11.7 Å². The third-order valence-corrected chi connectivity index (χ3v) is 6.57. The molecule has 0 bridgehead atoms. The number of fused-ring (bicyclic) bond motifs is 1. The highest BCUT2D eigenvalue weighted by Crippen LogP contribution is 2.35. The van der Waals surface area contributed by atoms with Crippen molar-refractivity contribution in [3.8, 4) is 16.9 Å². The van der Waals surface area contributed by atoms with E-state index in [1.807, 2.05) is 0 Å². The summed E-state index contributed by atoms with van der Waals surface area (Å²) in [6, 6.07) is 22.4. The maximum atomic E-state index is 13.5. The number of unbranched alkanes of at least 4 members (excludes halogenated alkanes) is 1. The summed E-state index contributed by atoms with van der Waals surface area (Å²) < 4.78 is 11.3. The van der Waals surface area contributed by atoms with Gasteiger partial charge in [-0.25, -0.2) is 4.79 Å². The Morgan fingerprint density at radius 1 is 0.868 bits per heavy atom. The first kappa shape index (κ1) is 27.4. The molecule has 1 aliphatic rings. The van der Waals surface area contributed by atoms with Crippen LogP contribution in [0.15, 0.2) is 66.7 Å². The van der Waals surface area contributed by atoms with Gasteiger partial charge >= 0.3 is 5.97 Å².